The van der Waals surface area contributed by atoms with E-state index in [0.29, 0.717) is 29.6 Å². The summed E-state index contributed by atoms with van der Waals surface area (Å²) in [4.78, 5) is 19.4. The third-order valence-corrected chi connectivity index (χ3v) is 3.89. The van der Waals surface area contributed by atoms with Gasteiger partial charge < -0.3 is 10.7 Å². The summed E-state index contributed by atoms with van der Waals surface area (Å²) in [5.74, 6) is 2.31. The van der Waals surface area contributed by atoms with Gasteiger partial charge in [0.25, 0.3) is 5.56 Å². The molecule has 0 radical (unpaired) electrons. The lowest BCUT2D eigenvalue weighted by atomic mass is 9.82. The molecule has 1 aromatic heterocycles. The van der Waals surface area contributed by atoms with Crippen molar-refractivity contribution in [3.05, 3.63) is 21.7 Å². The van der Waals surface area contributed by atoms with Crippen molar-refractivity contribution in [1.82, 2.24) is 9.97 Å². The fraction of sp³-hybridized carbons (Fsp3) is 0.714. The number of rotatable bonds is 3. The van der Waals surface area contributed by atoms with Gasteiger partial charge >= 0.3 is 0 Å². The summed E-state index contributed by atoms with van der Waals surface area (Å²) in [6.07, 6.45) is 6.33. The Bertz CT molecular complexity index is 467. The van der Waals surface area contributed by atoms with E-state index in [4.69, 9.17) is 5.73 Å². The number of nitrogen functional groups attached to an aromatic ring is 1. The van der Waals surface area contributed by atoms with Crippen LogP contribution in [0.5, 0.6) is 0 Å². The van der Waals surface area contributed by atoms with Gasteiger partial charge in [-0.2, -0.15) is 0 Å². The topological polar surface area (TPSA) is 71.8 Å². The molecule has 2 rings (SSSR count). The molecule has 18 heavy (non-hydrogen) atoms. The first-order chi connectivity index (χ1) is 8.61. The second kappa shape index (κ2) is 5.55. The Morgan fingerprint density at radius 2 is 2.22 bits per heavy atom. The molecule has 4 nitrogen and oxygen atoms in total. The second-order valence-electron chi connectivity index (χ2n) is 5.53. The number of nitrogens with two attached hydrogens (primary N) is 1. The van der Waals surface area contributed by atoms with Crippen molar-refractivity contribution in [2.24, 2.45) is 5.92 Å². The monoisotopic (exact) mass is 249 g/mol. The molecule has 0 bridgehead atoms. The number of H-pyrrole nitrogens is 1. The Morgan fingerprint density at radius 1 is 1.44 bits per heavy atom. The lowest BCUT2D eigenvalue weighted by Crippen LogP contribution is -2.23. The van der Waals surface area contributed by atoms with E-state index in [9.17, 15) is 4.79 Å². The molecule has 1 aliphatic rings. The average Bonchev–Trinajstić information content (AvgIpc) is 2.33. The summed E-state index contributed by atoms with van der Waals surface area (Å²) in [7, 11) is 0. The quantitative estimate of drug-likeness (QED) is 0.865. The van der Waals surface area contributed by atoms with E-state index >= 15 is 0 Å². The molecule has 3 N–H and O–H groups in total. The van der Waals surface area contributed by atoms with Crippen molar-refractivity contribution >= 4 is 5.82 Å². The van der Waals surface area contributed by atoms with E-state index in [1.165, 1.54) is 12.8 Å². The summed E-state index contributed by atoms with van der Waals surface area (Å²) >= 11 is 0. The minimum Gasteiger partial charge on any atom is -0.383 e. The molecule has 0 aliphatic heterocycles. The van der Waals surface area contributed by atoms with Crippen LogP contribution < -0.4 is 11.3 Å². The average molecular weight is 249 g/mol. The maximum absolute atomic E-state index is 12.0. The SMILES string of the molecule is CCCc1c(N)nc(C2CCCC(C)C2)[nH]c1=O. The van der Waals surface area contributed by atoms with Crippen molar-refractivity contribution in [2.75, 3.05) is 5.73 Å². The molecule has 0 saturated heterocycles. The Hall–Kier alpha value is -1.32. The summed E-state index contributed by atoms with van der Waals surface area (Å²) in [6.45, 7) is 4.30. The smallest absolute Gasteiger partial charge is 0.256 e. The van der Waals surface area contributed by atoms with E-state index in [2.05, 4.69) is 16.9 Å². The maximum atomic E-state index is 12.0. The molecule has 2 unspecified atom stereocenters. The van der Waals surface area contributed by atoms with Crippen molar-refractivity contribution in [2.45, 2.75) is 58.3 Å². The summed E-state index contributed by atoms with van der Waals surface area (Å²) in [5, 5.41) is 0. The van der Waals surface area contributed by atoms with Gasteiger partial charge in [-0.1, -0.05) is 33.1 Å². The first-order valence-corrected chi connectivity index (χ1v) is 7.00. The largest absolute Gasteiger partial charge is 0.383 e. The number of hydrogen-bond acceptors (Lipinski definition) is 3. The van der Waals surface area contributed by atoms with Crippen molar-refractivity contribution in [3.8, 4) is 0 Å². The predicted molar refractivity (Wildman–Crippen MR) is 73.6 cm³/mol. The van der Waals surface area contributed by atoms with Gasteiger partial charge in [-0.15, -0.1) is 0 Å². The summed E-state index contributed by atoms with van der Waals surface area (Å²) in [6, 6.07) is 0. The van der Waals surface area contributed by atoms with Crippen LogP contribution in [0.15, 0.2) is 4.79 Å². The van der Waals surface area contributed by atoms with Crippen LogP contribution >= 0.6 is 0 Å². The Morgan fingerprint density at radius 3 is 2.83 bits per heavy atom. The van der Waals surface area contributed by atoms with Crippen LogP contribution in [-0.2, 0) is 6.42 Å². The van der Waals surface area contributed by atoms with Crippen LogP contribution in [0.1, 0.15) is 63.3 Å². The highest BCUT2D eigenvalue weighted by Crippen LogP contribution is 2.34. The van der Waals surface area contributed by atoms with Crippen LogP contribution in [-0.4, -0.2) is 9.97 Å². The minimum atomic E-state index is -0.0439. The van der Waals surface area contributed by atoms with Gasteiger partial charge in [0.1, 0.15) is 11.6 Å². The van der Waals surface area contributed by atoms with E-state index in [-0.39, 0.29) is 5.56 Å². The number of aromatic amines is 1. The van der Waals surface area contributed by atoms with Gasteiger partial charge in [0, 0.05) is 5.92 Å². The Kier molecular flexibility index (Phi) is 4.04. The predicted octanol–water partition coefficient (Wildman–Crippen LogP) is 2.60. The molecule has 1 saturated carbocycles. The zero-order valence-electron chi connectivity index (χ0n) is 11.3. The third-order valence-electron chi connectivity index (χ3n) is 3.89. The van der Waals surface area contributed by atoms with Gasteiger partial charge in [0.05, 0.1) is 5.56 Å². The number of hydrogen-bond donors (Lipinski definition) is 2. The summed E-state index contributed by atoms with van der Waals surface area (Å²) in [5.41, 5.74) is 6.52. The van der Waals surface area contributed by atoms with Gasteiger partial charge in [-0.05, 0) is 25.2 Å². The molecule has 0 spiro atoms. The van der Waals surface area contributed by atoms with Gasteiger partial charge in [-0.3, -0.25) is 4.79 Å². The molecule has 1 fully saturated rings. The third kappa shape index (κ3) is 2.74. The van der Waals surface area contributed by atoms with E-state index in [0.717, 1.165) is 25.1 Å². The molecule has 0 aromatic carbocycles. The maximum Gasteiger partial charge on any atom is 0.256 e. The lowest BCUT2D eigenvalue weighted by molar-refractivity contribution is 0.335. The lowest BCUT2D eigenvalue weighted by Gasteiger charge is -2.26. The zero-order chi connectivity index (χ0) is 13.1. The van der Waals surface area contributed by atoms with Crippen LogP contribution in [0, 0.1) is 5.92 Å². The molecule has 1 heterocycles. The molecule has 0 amide bonds. The van der Waals surface area contributed by atoms with Gasteiger partial charge in [-0.25, -0.2) is 4.98 Å². The highest BCUT2D eigenvalue weighted by atomic mass is 16.1. The fourth-order valence-electron chi connectivity index (χ4n) is 2.90. The molecular formula is C14H23N3O. The molecule has 1 aliphatic carbocycles. The minimum absolute atomic E-state index is 0.0439. The highest BCUT2D eigenvalue weighted by molar-refractivity contribution is 5.38. The first-order valence-electron chi connectivity index (χ1n) is 7.00. The second-order valence-corrected chi connectivity index (χ2v) is 5.53. The van der Waals surface area contributed by atoms with Crippen LogP contribution in [0.4, 0.5) is 5.82 Å². The normalized spacial score (nSPS) is 24.1. The van der Waals surface area contributed by atoms with Crippen LogP contribution in [0.2, 0.25) is 0 Å². The van der Waals surface area contributed by atoms with E-state index < -0.39 is 0 Å². The summed E-state index contributed by atoms with van der Waals surface area (Å²) < 4.78 is 0. The molecule has 2 atom stereocenters. The van der Waals surface area contributed by atoms with Gasteiger partial charge in [0.15, 0.2) is 0 Å². The molecular weight excluding hydrogens is 226 g/mol. The van der Waals surface area contributed by atoms with Crippen molar-refractivity contribution in [1.29, 1.82) is 0 Å². The van der Waals surface area contributed by atoms with Crippen molar-refractivity contribution < 1.29 is 0 Å². The molecule has 4 heteroatoms. The fourth-order valence-corrected chi connectivity index (χ4v) is 2.90. The van der Waals surface area contributed by atoms with E-state index in [1.807, 2.05) is 6.92 Å². The van der Waals surface area contributed by atoms with Crippen LogP contribution in [0.3, 0.4) is 0 Å². The standard InChI is InChI=1S/C14H23N3O/c1-3-5-11-12(15)16-13(17-14(11)18)10-7-4-6-9(2)8-10/h9-10H,3-8H2,1-2H3,(H3,15,16,17,18). The molecule has 1 aromatic rings. The Labute approximate surface area is 108 Å². The van der Waals surface area contributed by atoms with E-state index in [1.54, 1.807) is 0 Å². The molecule has 100 valence electrons. The first kappa shape index (κ1) is 13.1. The van der Waals surface area contributed by atoms with Crippen LogP contribution in [0.25, 0.3) is 0 Å². The highest BCUT2D eigenvalue weighted by Gasteiger charge is 2.23. The zero-order valence-corrected chi connectivity index (χ0v) is 11.3. The Balaban J connectivity index is 2.27. The number of aromatic nitrogens is 2. The van der Waals surface area contributed by atoms with Crippen molar-refractivity contribution in [3.63, 3.8) is 0 Å². The number of anilines is 1. The number of nitrogens with zero attached hydrogens (tertiary/aromatic N) is 1. The number of nitrogens with one attached hydrogen (secondary N) is 1. The van der Waals surface area contributed by atoms with Gasteiger partial charge in [0.2, 0.25) is 0 Å².